The summed E-state index contributed by atoms with van der Waals surface area (Å²) in [6.07, 6.45) is 4.83. The van der Waals surface area contributed by atoms with Crippen LogP contribution in [0.25, 0.3) is 0 Å². The molecule has 0 saturated carbocycles. The van der Waals surface area contributed by atoms with Crippen LogP contribution in [0.1, 0.15) is 54.3 Å². The van der Waals surface area contributed by atoms with Crippen molar-refractivity contribution in [2.45, 2.75) is 46.6 Å². The zero-order chi connectivity index (χ0) is 26.0. The number of ether oxygens (including phenoxy) is 2. The van der Waals surface area contributed by atoms with Gasteiger partial charge in [-0.25, -0.2) is 4.99 Å². The smallest absolute Gasteiger partial charge is 0.175 e. The van der Waals surface area contributed by atoms with Crippen molar-refractivity contribution in [1.82, 2.24) is 0 Å². The fourth-order valence-corrected chi connectivity index (χ4v) is 6.65. The maximum Gasteiger partial charge on any atom is 0.175 e. The summed E-state index contributed by atoms with van der Waals surface area (Å²) in [4.78, 5) is 6.02. The molecular formula is C28H27BrCl2N2O2S. The van der Waals surface area contributed by atoms with Crippen LogP contribution in [-0.2, 0) is 19.4 Å². The quantitative estimate of drug-likeness (QED) is 0.263. The van der Waals surface area contributed by atoms with Gasteiger partial charge in [-0.05, 0) is 81.9 Å². The van der Waals surface area contributed by atoms with Gasteiger partial charge in [0.25, 0.3) is 0 Å². The van der Waals surface area contributed by atoms with Gasteiger partial charge in [-0.3, -0.25) is 0 Å². The van der Waals surface area contributed by atoms with Gasteiger partial charge in [-0.2, -0.15) is 5.26 Å². The van der Waals surface area contributed by atoms with Gasteiger partial charge < -0.3 is 9.47 Å². The molecule has 1 atom stereocenters. The zero-order valence-corrected chi connectivity index (χ0v) is 24.5. The van der Waals surface area contributed by atoms with Crippen LogP contribution in [0.3, 0.4) is 0 Å². The van der Waals surface area contributed by atoms with Gasteiger partial charge in [0.15, 0.2) is 11.5 Å². The van der Waals surface area contributed by atoms with Crippen LogP contribution in [0.2, 0.25) is 10.0 Å². The van der Waals surface area contributed by atoms with E-state index in [0.29, 0.717) is 33.0 Å². The molecule has 0 unspecified atom stereocenters. The van der Waals surface area contributed by atoms with Gasteiger partial charge in [-0.15, -0.1) is 11.3 Å². The monoisotopic (exact) mass is 604 g/mol. The number of methoxy groups -OCH3 is 1. The Hall–Kier alpha value is -2.04. The topological polar surface area (TPSA) is 54.6 Å². The molecule has 1 aliphatic rings. The standard InChI is InChI=1S/C28H27BrCl2N2O2S/c1-28(2,3)18-6-8-20-21(13-32)27(36-25(20)11-18)33-14-16-9-22(29)26(24(10-16)34-4)35-15-17-5-7-19(30)12-23(17)31/h5,7,9-10,12,14,18H,6,8,11,15H2,1-4H3/t18-/m1/s1. The highest BCUT2D eigenvalue weighted by Crippen LogP contribution is 2.45. The number of benzene rings is 2. The average Bonchev–Trinajstić information content (AvgIpc) is 3.18. The Morgan fingerprint density at radius 1 is 1.25 bits per heavy atom. The molecule has 8 heteroatoms. The predicted octanol–water partition coefficient (Wildman–Crippen LogP) is 9.18. The highest BCUT2D eigenvalue weighted by molar-refractivity contribution is 9.10. The van der Waals surface area contributed by atoms with E-state index in [0.717, 1.165) is 39.9 Å². The molecule has 0 spiro atoms. The molecule has 0 fully saturated rings. The predicted molar refractivity (Wildman–Crippen MR) is 153 cm³/mol. The molecule has 36 heavy (non-hydrogen) atoms. The molecule has 0 aliphatic heterocycles. The van der Waals surface area contributed by atoms with E-state index in [1.165, 1.54) is 10.4 Å². The van der Waals surface area contributed by atoms with Crippen molar-refractivity contribution in [2.75, 3.05) is 7.11 Å². The van der Waals surface area contributed by atoms with Crippen LogP contribution in [0, 0.1) is 22.7 Å². The van der Waals surface area contributed by atoms with Crippen LogP contribution in [0.15, 0.2) is 39.8 Å². The molecule has 1 aliphatic carbocycles. The minimum atomic E-state index is 0.253. The molecule has 0 radical (unpaired) electrons. The number of nitriles is 1. The van der Waals surface area contributed by atoms with E-state index in [4.69, 9.17) is 37.7 Å². The van der Waals surface area contributed by atoms with Crippen LogP contribution in [-0.4, -0.2) is 13.3 Å². The Kier molecular flexibility index (Phi) is 8.36. The van der Waals surface area contributed by atoms with Gasteiger partial charge in [0.2, 0.25) is 0 Å². The van der Waals surface area contributed by atoms with Crippen LogP contribution in [0.5, 0.6) is 11.5 Å². The average molecular weight is 606 g/mol. The van der Waals surface area contributed by atoms with Gasteiger partial charge in [0.1, 0.15) is 17.7 Å². The van der Waals surface area contributed by atoms with Crippen molar-refractivity contribution in [3.63, 3.8) is 0 Å². The maximum absolute atomic E-state index is 9.86. The van der Waals surface area contributed by atoms with Gasteiger partial charge >= 0.3 is 0 Å². The Labute approximate surface area is 235 Å². The van der Waals surface area contributed by atoms with Crippen LogP contribution >= 0.6 is 50.5 Å². The van der Waals surface area contributed by atoms with Crippen molar-refractivity contribution in [1.29, 1.82) is 5.26 Å². The number of rotatable bonds is 6. The molecule has 1 heterocycles. The van der Waals surface area contributed by atoms with E-state index in [9.17, 15) is 5.26 Å². The summed E-state index contributed by atoms with van der Waals surface area (Å²) in [5, 5.41) is 11.7. The number of hydrogen-bond donors (Lipinski definition) is 0. The van der Waals surface area contributed by atoms with Crippen molar-refractivity contribution >= 4 is 61.7 Å². The Bertz CT molecular complexity index is 1360. The molecule has 188 valence electrons. The third-order valence-electron chi connectivity index (χ3n) is 6.55. The molecule has 3 aromatic rings. The van der Waals surface area contributed by atoms with E-state index < -0.39 is 0 Å². The minimum Gasteiger partial charge on any atom is -0.493 e. The fourth-order valence-electron chi connectivity index (χ4n) is 4.39. The summed E-state index contributed by atoms with van der Waals surface area (Å²) in [6, 6.07) is 11.5. The summed E-state index contributed by atoms with van der Waals surface area (Å²) in [7, 11) is 1.59. The lowest BCUT2D eigenvalue weighted by Gasteiger charge is -2.33. The number of thiophene rings is 1. The summed E-state index contributed by atoms with van der Waals surface area (Å²) < 4.78 is 12.3. The zero-order valence-electron chi connectivity index (χ0n) is 20.6. The molecule has 0 amide bonds. The van der Waals surface area contributed by atoms with Crippen molar-refractivity contribution in [3.05, 3.63) is 72.0 Å². The molecule has 2 aromatic carbocycles. The number of nitrogens with zero attached hydrogens (tertiary/aromatic N) is 2. The second kappa shape index (κ2) is 11.1. The second-order valence-electron chi connectivity index (χ2n) is 9.92. The third kappa shape index (κ3) is 5.92. The number of halogens is 3. The maximum atomic E-state index is 9.86. The highest BCUT2D eigenvalue weighted by Gasteiger charge is 2.32. The molecular weight excluding hydrogens is 579 g/mol. The molecule has 0 bridgehead atoms. The van der Waals surface area contributed by atoms with Crippen molar-refractivity contribution in [2.24, 2.45) is 16.3 Å². The largest absolute Gasteiger partial charge is 0.493 e. The lowest BCUT2D eigenvalue weighted by molar-refractivity contribution is 0.218. The van der Waals surface area contributed by atoms with Gasteiger partial charge in [0, 0.05) is 26.7 Å². The molecule has 0 saturated heterocycles. The first-order valence-electron chi connectivity index (χ1n) is 11.6. The summed E-state index contributed by atoms with van der Waals surface area (Å²) in [5.41, 5.74) is 3.80. The number of hydrogen-bond acceptors (Lipinski definition) is 5. The van der Waals surface area contributed by atoms with E-state index in [1.807, 2.05) is 18.2 Å². The van der Waals surface area contributed by atoms with E-state index in [1.54, 1.807) is 36.8 Å². The SMILES string of the molecule is COc1cc(C=Nc2sc3c(c2C#N)CC[C@@H](C(C)(C)C)C3)cc(Br)c1OCc1ccc(Cl)cc1Cl. The van der Waals surface area contributed by atoms with E-state index in [2.05, 4.69) is 42.8 Å². The Morgan fingerprint density at radius 3 is 2.69 bits per heavy atom. The highest BCUT2D eigenvalue weighted by atomic mass is 79.9. The Balaban J connectivity index is 1.56. The molecule has 4 rings (SSSR count). The minimum absolute atomic E-state index is 0.253. The van der Waals surface area contributed by atoms with E-state index in [-0.39, 0.29) is 12.0 Å². The Morgan fingerprint density at radius 2 is 2.03 bits per heavy atom. The summed E-state index contributed by atoms with van der Waals surface area (Å²) in [5.74, 6) is 1.75. The first-order chi connectivity index (χ1) is 17.1. The first-order valence-corrected chi connectivity index (χ1v) is 14.0. The lowest BCUT2D eigenvalue weighted by atomic mass is 9.72. The molecule has 1 aromatic heterocycles. The van der Waals surface area contributed by atoms with Gasteiger partial charge in [0.05, 0.1) is 17.1 Å². The summed E-state index contributed by atoms with van der Waals surface area (Å²) in [6.45, 7) is 7.15. The van der Waals surface area contributed by atoms with Crippen LogP contribution < -0.4 is 9.47 Å². The number of aliphatic imine (C=N–C) groups is 1. The molecule has 4 nitrogen and oxygen atoms in total. The van der Waals surface area contributed by atoms with Gasteiger partial charge in [-0.1, -0.05) is 50.0 Å². The normalized spacial score (nSPS) is 15.6. The third-order valence-corrected chi connectivity index (χ3v) is 8.89. The van der Waals surface area contributed by atoms with Crippen molar-refractivity contribution < 1.29 is 9.47 Å². The number of fused-ring (bicyclic) bond motifs is 1. The van der Waals surface area contributed by atoms with E-state index >= 15 is 0 Å². The second-order valence-corrected chi connectivity index (χ2v) is 12.7. The molecule has 0 N–H and O–H groups in total. The fraction of sp³-hybridized carbons (Fsp3) is 0.357. The van der Waals surface area contributed by atoms with Crippen LogP contribution in [0.4, 0.5) is 5.00 Å². The van der Waals surface area contributed by atoms with Crippen molar-refractivity contribution in [3.8, 4) is 17.6 Å². The summed E-state index contributed by atoms with van der Waals surface area (Å²) >= 11 is 17.5. The first kappa shape index (κ1) is 27.0. The lowest BCUT2D eigenvalue weighted by Crippen LogP contribution is -2.26.